The second kappa shape index (κ2) is 5.18. The first-order valence-electron chi connectivity index (χ1n) is 5.86. The molecule has 0 spiro atoms. The fourth-order valence-corrected chi connectivity index (χ4v) is 3.77. The molecule has 1 aliphatic rings. The number of carbonyl (C=O) groups is 1. The van der Waals surface area contributed by atoms with Crippen LogP contribution in [-0.2, 0) is 10.0 Å². The van der Waals surface area contributed by atoms with Gasteiger partial charge in [-0.15, -0.1) is 0 Å². The maximum absolute atomic E-state index is 12.4. The van der Waals surface area contributed by atoms with Crippen molar-refractivity contribution in [3.8, 4) is 5.75 Å². The smallest absolute Gasteiger partial charge is 0.246 e. The van der Waals surface area contributed by atoms with Gasteiger partial charge in [-0.25, -0.2) is 8.42 Å². The summed E-state index contributed by atoms with van der Waals surface area (Å²) in [5, 5.41) is 10.8. The highest BCUT2D eigenvalue weighted by molar-refractivity contribution is 7.89. The number of nitrogens with zero attached hydrogens (tertiary/aromatic N) is 1. The summed E-state index contributed by atoms with van der Waals surface area (Å²) >= 11 is 0. The normalized spacial score (nSPS) is 16.5. The van der Waals surface area contributed by atoms with E-state index < -0.39 is 16.0 Å². The van der Waals surface area contributed by atoms with Gasteiger partial charge in [0.15, 0.2) is 0 Å². The van der Waals surface area contributed by atoms with Crippen LogP contribution in [-0.4, -0.2) is 38.9 Å². The Morgan fingerprint density at radius 2 is 1.95 bits per heavy atom. The van der Waals surface area contributed by atoms with Crippen LogP contribution in [0.15, 0.2) is 23.1 Å². The highest BCUT2D eigenvalue weighted by Gasteiger charge is 2.30. The molecule has 19 heavy (non-hydrogen) atoms. The number of hydrogen-bond acceptors (Lipinski definition) is 5. The van der Waals surface area contributed by atoms with E-state index in [9.17, 15) is 18.3 Å². The number of carbonyl (C=O) groups excluding carboxylic acids is 1. The molecule has 7 heteroatoms. The number of sulfonamides is 1. The van der Waals surface area contributed by atoms with Crippen molar-refractivity contribution in [2.45, 2.75) is 17.7 Å². The van der Waals surface area contributed by atoms with Crippen molar-refractivity contribution in [1.82, 2.24) is 4.31 Å². The highest BCUT2D eigenvalue weighted by Crippen LogP contribution is 2.29. The predicted molar refractivity (Wildman–Crippen MR) is 65.3 cm³/mol. The van der Waals surface area contributed by atoms with Gasteiger partial charge in [-0.3, -0.25) is 0 Å². The zero-order valence-corrected chi connectivity index (χ0v) is 11.3. The Morgan fingerprint density at radius 1 is 1.32 bits per heavy atom. The lowest BCUT2D eigenvalue weighted by molar-refractivity contribution is -0.255. The van der Waals surface area contributed by atoms with Gasteiger partial charge in [0, 0.05) is 13.1 Å². The van der Waals surface area contributed by atoms with E-state index in [2.05, 4.69) is 0 Å². The van der Waals surface area contributed by atoms with Gasteiger partial charge < -0.3 is 14.6 Å². The second-order valence-corrected chi connectivity index (χ2v) is 6.17. The number of hydrogen-bond donors (Lipinski definition) is 0. The van der Waals surface area contributed by atoms with E-state index in [-0.39, 0.29) is 16.2 Å². The molecule has 1 aromatic carbocycles. The maximum Gasteiger partial charge on any atom is 0.246 e. The molecule has 104 valence electrons. The summed E-state index contributed by atoms with van der Waals surface area (Å²) in [6, 6.07) is 3.67. The number of methoxy groups -OCH3 is 1. The first-order chi connectivity index (χ1) is 8.96. The molecular weight excluding hydrogens is 270 g/mol. The summed E-state index contributed by atoms with van der Waals surface area (Å²) in [5.41, 5.74) is -0.182. The van der Waals surface area contributed by atoms with E-state index in [1.54, 1.807) is 0 Å². The van der Waals surface area contributed by atoms with Crippen LogP contribution in [0.5, 0.6) is 5.75 Å². The minimum Gasteiger partial charge on any atom is -0.545 e. The molecule has 0 unspecified atom stereocenters. The molecule has 1 heterocycles. The predicted octanol–water partition coefficient (Wildman–Crippen LogP) is -0.157. The van der Waals surface area contributed by atoms with E-state index in [0.29, 0.717) is 13.1 Å². The van der Waals surface area contributed by atoms with Gasteiger partial charge in [-0.05, 0) is 36.6 Å². The molecule has 0 amide bonds. The van der Waals surface area contributed by atoms with Crippen LogP contribution in [0.2, 0.25) is 0 Å². The number of ether oxygens (including phenoxy) is 1. The van der Waals surface area contributed by atoms with Gasteiger partial charge in [-0.2, -0.15) is 4.31 Å². The summed E-state index contributed by atoms with van der Waals surface area (Å²) in [6.45, 7) is 0.891. The molecule has 1 aliphatic heterocycles. The standard InChI is InChI=1S/C12H15NO5S/c1-18-10-5-4-9(12(14)15)8-11(10)19(16,17)13-6-2-3-7-13/h4-5,8H,2-3,6-7H2,1H3,(H,14,15)/p-1. The van der Waals surface area contributed by atoms with Crippen LogP contribution in [0.4, 0.5) is 0 Å². The molecule has 0 N–H and O–H groups in total. The summed E-state index contributed by atoms with van der Waals surface area (Å²) in [4.78, 5) is 10.7. The number of rotatable bonds is 4. The van der Waals surface area contributed by atoms with Crippen molar-refractivity contribution in [2.75, 3.05) is 20.2 Å². The largest absolute Gasteiger partial charge is 0.545 e. The number of carboxylic acids is 1. The zero-order valence-electron chi connectivity index (χ0n) is 10.5. The topological polar surface area (TPSA) is 86.7 Å². The van der Waals surface area contributed by atoms with E-state index in [1.807, 2.05) is 0 Å². The molecule has 6 nitrogen and oxygen atoms in total. The Kier molecular flexibility index (Phi) is 3.77. The van der Waals surface area contributed by atoms with Crippen molar-refractivity contribution >= 4 is 16.0 Å². The van der Waals surface area contributed by atoms with Crippen LogP contribution in [0, 0.1) is 0 Å². The Hall–Kier alpha value is -1.60. The summed E-state index contributed by atoms with van der Waals surface area (Å²) in [5.74, 6) is -1.28. The first-order valence-corrected chi connectivity index (χ1v) is 7.30. The van der Waals surface area contributed by atoms with Crippen LogP contribution >= 0.6 is 0 Å². The molecule has 0 aromatic heterocycles. The SMILES string of the molecule is COc1ccc(C(=O)[O-])cc1S(=O)(=O)N1CCCC1. The second-order valence-electron chi connectivity index (χ2n) is 4.26. The molecule has 1 fully saturated rings. The molecular formula is C12H14NO5S-. The number of benzene rings is 1. The third kappa shape index (κ3) is 2.57. The van der Waals surface area contributed by atoms with Crippen LogP contribution < -0.4 is 9.84 Å². The van der Waals surface area contributed by atoms with Gasteiger partial charge in [0.1, 0.15) is 10.6 Å². The van der Waals surface area contributed by atoms with Gasteiger partial charge in [0.2, 0.25) is 10.0 Å². The van der Waals surface area contributed by atoms with Crippen molar-refractivity contribution in [3.05, 3.63) is 23.8 Å². The molecule has 0 atom stereocenters. The Morgan fingerprint density at radius 3 is 2.47 bits per heavy atom. The molecule has 0 radical (unpaired) electrons. The molecule has 1 saturated heterocycles. The molecule has 1 aromatic rings. The van der Waals surface area contributed by atoms with Crippen molar-refractivity contribution in [1.29, 1.82) is 0 Å². The Labute approximate surface area is 111 Å². The van der Waals surface area contributed by atoms with Crippen molar-refractivity contribution in [2.24, 2.45) is 0 Å². The number of carboxylic acid groups (broad SMARTS) is 1. The maximum atomic E-state index is 12.4. The van der Waals surface area contributed by atoms with E-state index in [1.165, 1.54) is 23.5 Å². The van der Waals surface area contributed by atoms with Crippen LogP contribution in [0.3, 0.4) is 0 Å². The molecule has 0 bridgehead atoms. The molecule has 0 aliphatic carbocycles. The van der Waals surface area contributed by atoms with Crippen molar-refractivity contribution in [3.63, 3.8) is 0 Å². The van der Waals surface area contributed by atoms with Crippen molar-refractivity contribution < 1.29 is 23.1 Å². The molecule has 2 rings (SSSR count). The van der Waals surface area contributed by atoms with Crippen LogP contribution in [0.25, 0.3) is 0 Å². The third-order valence-electron chi connectivity index (χ3n) is 3.08. The summed E-state index contributed by atoms with van der Waals surface area (Å²) < 4.78 is 31.2. The zero-order chi connectivity index (χ0) is 14.0. The minimum absolute atomic E-state index is 0.126. The van der Waals surface area contributed by atoms with E-state index in [4.69, 9.17) is 4.74 Å². The number of aromatic carboxylic acids is 1. The van der Waals surface area contributed by atoms with E-state index >= 15 is 0 Å². The van der Waals surface area contributed by atoms with Crippen LogP contribution in [0.1, 0.15) is 23.2 Å². The van der Waals surface area contributed by atoms with E-state index in [0.717, 1.165) is 18.9 Å². The van der Waals surface area contributed by atoms with Gasteiger partial charge in [0.05, 0.1) is 13.1 Å². The first kappa shape index (κ1) is 13.8. The quantitative estimate of drug-likeness (QED) is 0.767. The third-order valence-corrected chi connectivity index (χ3v) is 5.00. The lowest BCUT2D eigenvalue weighted by Gasteiger charge is -2.18. The monoisotopic (exact) mass is 284 g/mol. The Balaban J connectivity index is 2.52. The highest BCUT2D eigenvalue weighted by atomic mass is 32.2. The lowest BCUT2D eigenvalue weighted by Crippen LogP contribution is -2.29. The minimum atomic E-state index is -3.72. The molecule has 0 saturated carbocycles. The Bertz CT molecular complexity index is 590. The lowest BCUT2D eigenvalue weighted by atomic mass is 10.2. The average Bonchev–Trinajstić information content (AvgIpc) is 2.92. The fraction of sp³-hybridized carbons (Fsp3) is 0.417. The van der Waals surface area contributed by atoms with Gasteiger partial charge in [0.25, 0.3) is 0 Å². The summed E-state index contributed by atoms with van der Waals surface area (Å²) in [6.07, 6.45) is 1.61. The van der Waals surface area contributed by atoms with Gasteiger partial charge in [-0.1, -0.05) is 0 Å². The van der Waals surface area contributed by atoms with Gasteiger partial charge >= 0.3 is 0 Å². The summed E-state index contributed by atoms with van der Waals surface area (Å²) in [7, 11) is -2.38. The fourth-order valence-electron chi connectivity index (χ4n) is 2.07. The average molecular weight is 284 g/mol.